The maximum absolute atomic E-state index is 13.4. The van der Waals surface area contributed by atoms with Gasteiger partial charge in [-0.1, -0.05) is 30.3 Å². The Morgan fingerprint density at radius 1 is 1.09 bits per heavy atom. The van der Waals surface area contributed by atoms with Crippen molar-refractivity contribution >= 4 is 11.6 Å². The molecule has 3 aliphatic rings. The standard InChI is InChI=1S/C28H37N3O4/c1-34-26-12-11-21(16-27(26)35-24-9-5-6-10-24)30-13-14-31(28(33)25-17-23(32)18-29-25)22(19-30)15-20-7-3-2-4-8-20/h2-4,7-8,11-12,16,22-25,29,32H,5-6,9-10,13-15,17-19H2,1H3/t22-,23+,25?/m0/s1. The van der Waals surface area contributed by atoms with E-state index in [4.69, 9.17) is 9.47 Å². The summed E-state index contributed by atoms with van der Waals surface area (Å²) in [5.41, 5.74) is 2.31. The molecule has 2 saturated heterocycles. The number of aliphatic hydroxyl groups excluding tert-OH is 1. The quantitative estimate of drug-likeness (QED) is 0.636. The number of β-amino-alcohol motifs (C(OH)–C–C–N with tert-alkyl or cyclic N) is 1. The second-order valence-electron chi connectivity index (χ2n) is 10.0. The number of hydrogen-bond donors (Lipinski definition) is 2. The lowest BCUT2D eigenvalue weighted by Gasteiger charge is -2.43. The van der Waals surface area contributed by atoms with Crippen molar-refractivity contribution in [2.75, 3.05) is 38.2 Å². The predicted octanol–water partition coefficient (Wildman–Crippen LogP) is 3.00. The summed E-state index contributed by atoms with van der Waals surface area (Å²) in [5, 5.41) is 13.1. The van der Waals surface area contributed by atoms with Crippen molar-refractivity contribution in [2.24, 2.45) is 0 Å². The molecule has 35 heavy (non-hydrogen) atoms. The van der Waals surface area contributed by atoms with Crippen LogP contribution in [0.15, 0.2) is 48.5 Å². The summed E-state index contributed by atoms with van der Waals surface area (Å²) in [7, 11) is 1.69. The number of carbonyl (C=O) groups excluding carboxylic acids is 1. The van der Waals surface area contributed by atoms with Crippen molar-refractivity contribution in [2.45, 2.75) is 62.8 Å². The highest BCUT2D eigenvalue weighted by molar-refractivity contribution is 5.83. The van der Waals surface area contributed by atoms with Gasteiger partial charge in [-0.2, -0.15) is 0 Å². The average Bonchev–Trinajstić information content (AvgIpc) is 3.56. The van der Waals surface area contributed by atoms with Gasteiger partial charge in [0.05, 0.1) is 31.4 Å². The van der Waals surface area contributed by atoms with Gasteiger partial charge in [0.15, 0.2) is 11.5 Å². The van der Waals surface area contributed by atoms with Crippen molar-refractivity contribution < 1.29 is 19.4 Å². The summed E-state index contributed by atoms with van der Waals surface area (Å²) in [4.78, 5) is 17.8. The Morgan fingerprint density at radius 2 is 1.89 bits per heavy atom. The van der Waals surface area contributed by atoms with Crippen LogP contribution in [0.25, 0.3) is 0 Å². The zero-order chi connectivity index (χ0) is 24.2. The maximum atomic E-state index is 13.4. The third kappa shape index (κ3) is 5.57. The van der Waals surface area contributed by atoms with Crippen LogP contribution in [0, 0.1) is 0 Å². The Balaban J connectivity index is 1.35. The van der Waals surface area contributed by atoms with E-state index in [1.165, 1.54) is 18.4 Å². The SMILES string of the molecule is COc1ccc(N2CCN(C(=O)C3C[C@@H](O)CN3)[C@@H](Cc3ccccc3)C2)cc1OC1CCCC1. The molecule has 1 amide bonds. The van der Waals surface area contributed by atoms with E-state index in [9.17, 15) is 9.90 Å². The molecule has 2 aliphatic heterocycles. The van der Waals surface area contributed by atoms with Crippen LogP contribution < -0.4 is 19.7 Å². The molecule has 0 aromatic heterocycles. The summed E-state index contributed by atoms with van der Waals surface area (Å²) >= 11 is 0. The lowest BCUT2D eigenvalue weighted by atomic mass is 10.00. The van der Waals surface area contributed by atoms with E-state index in [0.717, 1.165) is 49.5 Å². The van der Waals surface area contributed by atoms with E-state index >= 15 is 0 Å². The fraction of sp³-hybridized carbons (Fsp3) is 0.536. The van der Waals surface area contributed by atoms with Crippen LogP contribution in [0.4, 0.5) is 5.69 Å². The first-order valence-electron chi connectivity index (χ1n) is 13.0. The number of aliphatic hydroxyl groups is 1. The summed E-state index contributed by atoms with van der Waals surface area (Å²) < 4.78 is 11.9. The minimum atomic E-state index is -0.449. The molecule has 2 aromatic carbocycles. The minimum Gasteiger partial charge on any atom is -0.493 e. The lowest BCUT2D eigenvalue weighted by molar-refractivity contribution is -0.136. The Labute approximate surface area is 208 Å². The second kappa shape index (κ2) is 10.9. The highest BCUT2D eigenvalue weighted by atomic mass is 16.5. The van der Waals surface area contributed by atoms with Gasteiger partial charge in [-0.15, -0.1) is 0 Å². The molecule has 0 bridgehead atoms. The first kappa shape index (κ1) is 23.9. The van der Waals surface area contributed by atoms with Crippen molar-refractivity contribution in [3.8, 4) is 11.5 Å². The molecule has 1 saturated carbocycles. The number of benzene rings is 2. The van der Waals surface area contributed by atoms with Crippen molar-refractivity contribution in [3.63, 3.8) is 0 Å². The summed E-state index contributed by atoms with van der Waals surface area (Å²) in [6, 6.07) is 16.3. The van der Waals surface area contributed by atoms with Crippen LogP contribution >= 0.6 is 0 Å². The predicted molar refractivity (Wildman–Crippen MR) is 136 cm³/mol. The normalized spacial score (nSPS) is 25.1. The molecule has 5 rings (SSSR count). The van der Waals surface area contributed by atoms with Crippen LogP contribution in [0.5, 0.6) is 11.5 Å². The van der Waals surface area contributed by atoms with Crippen molar-refractivity contribution in [1.82, 2.24) is 10.2 Å². The maximum Gasteiger partial charge on any atom is 0.240 e. The van der Waals surface area contributed by atoms with Gasteiger partial charge in [0.2, 0.25) is 5.91 Å². The molecule has 1 unspecified atom stereocenters. The molecule has 2 N–H and O–H groups in total. The Kier molecular flexibility index (Phi) is 7.44. The minimum absolute atomic E-state index is 0.0412. The molecule has 188 valence electrons. The van der Waals surface area contributed by atoms with Gasteiger partial charge in [0.1, 0.15) is 0 Å². The lowest BCUT2D eigenvalue weighted by Crippen LogP contribution is -2.59. The van der Waals surface area contributed by atoms with E-state index in [1.807, 2.05) is 29.2 Å². The monoisotopic (exact) mass is 479 g/mol. The molecule has 2 aromatic rings. The van der Waals surface area contributed by atoms with E-state index in [0.29, 0.717) is 19.5 Å². The molecule has 0 radical (unpaired) electrons. The average molecular weight is 480 g/mol. The van der Waals surface area contributed by atoms with E-state index in [-0.39, 0.29) is 24.1 Å². The van der Waals surface area contributed by atoms with Gasteiger partial charge in [-0.3, -0.25) is 4.79 Å². The third-order valence-corrected chi connectivity index (χ3v) is 7.59. The number of rotatable bonds is 7. The molecule has 7 nitrogen and oxygen atoms in total. The van der Waals surface area contributed by atoms with E-state index < -0.39 is 6.10 Å². The highest BCUT2D eigenvalue weighted by Crippen LogP contribution is 2.36. The van der Waals surface area contributed by atoms with Gasteiger partial charge >= 0.3 is 0 Å². The Morgan fingerprint density at radius 3 is 2.60 bits per heavy atom. The number of ether oxygens (including phenoxy) is 2. The number of carbonyl (C=O) groups is 1. The number of anilines is 1. The second-order valence-corrected chi connectivity index (χ2v) is 10.0. The Hall–Kier alpha value is -2.77. The number of amides is 1. The molecular weight excluding hydrogens is 442 g/mol. The summed E-state index contributed by atoms with van der Waals surface area (Å²) in [6.07, 6.45) is 5.71. The van der Waals surface area contributed by atoms with Crippen LogP contribution in [-0.2, 0) is 11.2 Å². The zero-order valence-electron chi connectivity index (χ0n) is 20.6. The summed E-state index contributed by atoms with van der Waals surface area (Å²) in [5.74, 6) is 1.67. The van der Waals surface area contributed by atoms with Gasteiger partial charge < -0.3 is 29.7 Å². The number of hydrogen-bond acceptors (Lipinski definition) is 6. The Bertz CT molecular complexity index is 995. The number of piperazine rings is 1. The van der Waals surface area contributed by atoms with Gasteiger partial charge in [-0.05, 0) is 56.2 Å². The smallest absolute Gasteiger partial charge is 0.240 e. The van der Waals surface area contributed by atoms with Gasteiger partial charge in [0.25, 0.3) is 0 Å². The molecule has 3 fully saturated rings. The topological polar surface area (TPSA) is 74.3 Å². The molecule has 2 heterocycles. The van der Waals surface area contributed by atoms with Crippen LogP contribution in [0.2, 0.25) is 0 Å². The van der Waals surface area contributed by atoms with Crippen LogP contribution in [0.3, 0.4) is 0 Å². The molecule has 7 heteroatoms. The first-order chi connectivity index (χ1) is 17.1. The number of nitrogens with zero attached hydrogens (tertiary/aromatic N) is 2. The molecule has 1 aliphatic carbocycles. The summed E-state index contributed by atoms with van der Waals surface area (Å²) in [6.45, 7) is 2.62. The molecule has 3 atom stereocenters. The largest absolute Gasteiger partial charge is 0.493 e. The first-order valence-corrected chi connectivity index (χ1v) is 13.0. The van der Waals surface area contributed by atoms with E-state index in [2.05, 4.69) is 34.5 Å². The molecule has 0 spiro atoms. The van der Waals surface area contributed by atoms with Crippen molar-refractivity contribution in [3.05, 3.63) is 54.1 Å². The number of nitrogens with one attached hydrogen (secondary N) is 1. The fourth-order valence-corrected chi connectivity index (χ4v) is 5.69. The van der Waals surface area contributed by atoms with E-state index in [1.54, 1.807) is 7.11 Å². The van der Waals surface area contributed by atoms with Crippen LogP contribution in [-0.4, -0.2) is 73.5 Å². The van der Waals surface area contributed by atoms with Gasteiger partial charge in [-0.25, -0.2) is 0 Å². The fourth-order valence-electron chi connectivity index (χ4n) is 5.69. The third-order valence-electron chi connectivity index (χ3n) is 7.59. The zero-order valence-corrected chi connectivity index (χ0v) is 20.6. The number of methoxy groups -OCH3 is 1. The molecular formula is C28H37N3O4. The highest BCUT2D eigenvalue weighted by Gasteiger charge is 2.37. The van der Waals surface area contributed by atoms with Gasteiger partial charge in [0, 0.05) is 37.9 Å². The van der Waals surface area contributed by atoms with Crippen LogP contribution in [0.1, 0.15) is 37.7 Å². The van der Waals surface area contributed by atoms with Crippen molar-refractivity contribution in [1.29, 1.82) is 0 Å².